The summed E-state index contributed by atoms with van der Waals surface area (Å²) < 4.78 is 14.9. The third kappa shape index (κ3) is 3.51. The second-order valence-corrected chi connectivity index (χ2v) is 5.46. The zero-order chi connectivity index (χ0) is 16.3. The first-order chi connectivity index (χ1) is 10.4. The molecule has 2 rings (SSSR count). The van der Waals surface area contributed by atoms with Crippen molar-refractivity contribution in [3.05, 3.63) is 41.8 Å². The number of rotatable bonds is 5. The predicted octanol–water partition coefficient (Wildman–Crippen LogP) is 2.63. The highest BCUT2D eigenvalue weighted by Gasteiger charge is 2.20. The molecule has 2 unspecified atom stereocenters. The van der Waals surface area contributed by atoms with Crippen molar-refractivity contribution in [2.45, 2.75) is 33.2 Å². The summed E-state index contributed by atoms with van der Waals surface area (Å²) >= 11 is 0. The van der Waals surface area contributed by atoms with Gasteiger partial charge >= 0.3 is 0 Å². The van der Waals surface area contributed by atoms with Gasteiger partial charge in [0.1, 0.15) is 5.82 Å². The third-order valence-corrected chi connectivity index (χ3v) is 3.75. The van der Waals surface area contributed by atoms with Crippen LogP contribution >= 0.6 is 0 Å². The first-order valence-corrected chi connectivity index (χ1v) is 7.31. The number of anilines is 1. The maximum Gasteiger partial charge on any atom is 0.242 e. The molecule has 0 radical (unpaired) electrons. The Morgan fingerprint density at radius 2 is 2.18 bits per heavy atom. The fraction of sp³-hybridized carbons (Fsp3) is 0.375. The highest BCUT2D eigenvalue weighted by molar-refractivity contribution is 5.94. The lowest BCUT2D eigenvalue weighted by atomic mass is 9.99. The molecule has 118 valence electrons. The number of carbonyl (C=O) groups excluding carboxylic acids is 1. The fourth-order valence-electron chi connectivity index (χ4n) is 2.13. The summed E-state index contributed by atoms with van der Waals surface area (Å²) in [6, 6.07) is 7.27. The van der Waals surface area contributed by atoms with Crippen molar-refractivity contribution in [1.82, 2.24) is 9.78 Å². The lowest BCUT2D eigenvalue weighted by molar-refractivity contribution is -0.118. The van der Waals surface area contributed by atoms with E-state index in [4.69, 9.17) is 5.73 Å². The van der Waals surface area contributed by atoms with Crippen molar-refractivity contribution in [3.8, 4) is 5.69 Å². The van der Waals surface area contributed by atoms with Crippen molar-refractivity contribution < 1.29 is 9.18 Å². The molecular weight excluding hydrogens is 283 g/mol. The van der Waals surface area contributed by atoms with Crippen LogP contribution in [0.3, 0.4) is 0 Å². The van der Waals surface area contributed by atoms with Gasteiger partial charge in [-0.2, -0.15) is 0 Å². The molecular formula is C16H21FN4O. The number of aromatic nitrogens is 2. The van der Waals surface area contributed by atoms with E-state index in [0.29, 0.717) is 11.5 Å². The predicted molar refractivity (Wildman–Crippen MR) is 84.3 cm³/mol. The number of hydrogen-bond acceptors (Lipinski definition) is 3. The van der Waals surface area contributed by atoms with Gasteiger partial charge in [-0.25, -0.2) is 9.07 Å². The lowest BCUT2D eigenvalue weighted by Gasteiger charge is -2.16. The number of carbonyl (C=O) groups is 1. The molecule has 2 atom stereocenters. The second-order valence-electron chi connectivity index (χ2n) is 5.46. The Kier molecular flexibility index (Phi) is 4.92. The van der Waals surface area contributed by atoms with Crippen LogP contribution in [0, 0.1) is 18.7 Å². The van der Waals surface area contributed by atoms with Crippen molar-refractivity contribution in [2.75, 3.05) is 5.32 Å². The molecule has 1 heterocycles. The van der Waals surface area contributed by atoms with Crippen molar-refractivity contribution in [3.63, 3.8) is 0 Å². The van der Waals surface area contributed by atoms with Crippen LogP contribution in [0.1, 0.15) is 26.0 Å². The van der Waals surface area contributed by atoms with Gasteiger partial charge in [0.15, 0.2) is 5.82 Å². The Morgan fingerprint density at radius 3 is 2.82 bits per heavy atom. The average molecular weight is 304 g/mol. The highest BCUT2D eigenvalue weighted by atomic mass is 19.1. The number of halogens is 1. The summed E-state index contributed by atoms with van der Waals surface area (Å²) in [5.41, 5.74) is 7.29. The van der Waals surface area contributed by atoms with Crippen LogP contribution in [-0.4, -0.2) is 21.7 Å². The first-order valence-electron chi connectivity index (χ1n) is 7.31. The monoisotopic (exact) mass is 304 g/mol. The van der Waals surface area contributed by atoms with Crippen molar-refractivity contribution in [1.29, 1.82) is 0 Å². The van der Waals surface area contributed by atoms with E-state index in [9.17, 15) is 9.18 Å². The summed E-state index contributed by atoms with van der Waals surface area (Å²) in [6.07, 6.45) is 0.825. The molecule has 2 aromatic rings. The van der Waals surface area contributed by atoms with E-state index in [2.05, 4.69) is 10.4 Å². The van der Waals surface area contributed by atoms with Crippen molar-refractivity contribution in [2.24, 2.45) is 11.7 Å². The van der Waals surface area contributed by atoms with Gasteiger partial charge in [0.05, 0.1) is 11.7 Å². The van der Waals surface area contributed by atoms with Gasteiger partial charge in [0.25, 0.3) is 0 Å². The zero-order valence-corrected chi connectivity index (χ0v) is 13.0. The fourth-order valence-corrected chi connectivity index (χ4v) is 2.13. The third-order valence-electron chi connectivity index (χ3n) is 3.75. The molecule has 0 fully saturated rings. The van der Waals surface area contributed by atoms with E-state index in [1.807, 2.05) is 20.8 Å². The van der Waals surface area contributed by atoms with Gasteiger partial charge in [-0.05, 0) is 31.0 Å². The molecule has 0 aliphatic heterocycles. The molecule has 3 N–H and O–H groups in total. The molecule has 6 heteroatoms. The summed E-state index contributed by atoms with van der Waals surface area (Å²) in [6.45, 7) is 5.75. The Balaban J connectivity index is 2.18. The van der Waals surface area contributed by atoms with E-state index in [0.717, 1.165) is 12.1 Å². The van der Waals surface area contributed by atoms with Gasteiger partial charge in [-0.3, -0.25) is 4.79 Å². The largest absolute Gasteiger partial charge is 0.320 e. The minimum Gasteiger partial charge on any atom is -0.320 e. The van der Waals surface area contributed by atoms with Crippen LogP contribution in [0.25, 0.3) is 5.69 Å². The summed E-state index contributed by atoms with van der Waals surface area (Å²) in [5.74, 6) is -0.105. The summed E-state index contributed by atoms with van der Waals surface area (Å²) in [5, 5.41) is 7.00. The van der Waals surface area contributed by atoms with Gasteiger partial charge in [-0.1, -0.05) is 26.3 Å². The van der Waals surface area contributed by atoms with Crippen molar-refractivity contribution >= 4 is 11.7 Å². The van der Waals surface area contributed by atoms with Crippen LogP contribution in [0.15, 0.2) is 30.3 Å². The van der Waals surface area contributed by atoms with Gasteiger partial charge in [-0.15, -0.1) is 5.10 Å². The van der Waals surface area contributed by atoms with Crippen LogP contribution in [0.5, 0.6) is 0 Å². The summed E-state index contributed by atoms with van der Waals surface area (Å²) in [7, 11) is 0. The summed E-state index contributed by atoms with van der Waals surface area (Å²) in [4.78, 5) is 12.1. The molecule has 0 bridgehead atoms. The van der Waals surface area contributed by atoms with Crippen LogP contribution in [-0.2, 0) is 4.79 Å². The van der Waals surface area contributed by atoms with Crippen LogP contribution in [0.4, 0.5) is 10.2 Å². The Morgan fingerprint density at radius 1 is 1.45 bits per heavy atom. The minimum atomic E-state index is -0.579. The molecule has 5 nitrogen and oxygen atoms in total. The number of nitrogens with one attached hydrogen (secondary N) is 1. The Bertz CT molecular complexity index is 668. The standard InChI is InChI=1S/C16H21FN4O/c1-4-10(2)15(18)16(22)19-14-8-11(3)21(20-14)13-7-5-6-12(17)9-13/h5-10,15H,4,18H2,1-3H3,(H,19,20,22). The Labute approximate surface area is 129 Å². The molecule has 0 saturated carbocycles. The van der Waals surface area contributed by atoms with Gasteiger partial charge in [0.2, 0.25) is 5.91 Å². The molecule has 22 heavy (non-hydrogen) atoms. The van der Waals surface area contributed by atoms with Gasteiger partial charge < -0.3 is 11.1 Å². The van der Waals surface area contributed by atoms with Crippen LogP contribution in [0.2, 0.25) is 0 Å². The van der Waals surface area contributed by atoms with E-state index in [1.54, 1.807) is 22.9 Å². The van der Waals surface area contributed by atoms with E-state index in [-0.39, 0.29) is 17.6 Å². The lowest BCUT2D eigenvalue weighted by Crippen LogP contribution is -2.40. The minimum absolute atomic E-state index is 0.0893. The molecule has 0 saturated heterocycles. The quantitative estimate of drug-likeness (QED) is 0.892. The molecule has 0 spiro atoms. The number of aryl methyl sites for hydroxylation is 1. The molecule has 1 aromatic heterocycles. The van der Waals surface area contributed by atoms with E-state index in [1.165, 1.54) is 12.1 Å². The van der Waals surface area contributed by atoms with E-state index >= 15 is 0 Å². The van der Waals surface area contributed by atoms with Crippen LogP contribution < -0.4 is 11.1 Å². The zero-order valence-electron chi connectivity index (χ0n) is 13.0. The molecule has 1 amide bonds. The number of amides is 1. The topological polar surface area (TPSA) is 72.9 Å². The number of nitrogens with two attached hydrogens (primary N) is 1. The SMILES string of the molecule is CCC(C)C(N)C(=O)Nc1cc(C)n(-c2cccc(F)c2)n1. The molecule has 0 aliphatic carbocycles. The maximum absolute atomic E-state index is 13.3. The number of nitrogens with zero attached hydrogens (tertiary/aromatic N) is 2. The molecule has 1 aromatic carbocycles. The molecule has 0 aliphatic rings. The number of benzene rings is 1. The Hall–Kier alpha value is -2.21. The number of hydrogen-bond donors (Lipinski definition) is 2. The maximum atomic E-state index is 13.3. The van der Waals surface area contributed by atoms with Gasteiger partial charge in [0, 0.05) is 11.8 Å². The average Bonchev–Trinajstić information content (AvgIpc) is 2.86. The smallest absolute Gasteiger partial charge is 0.242 e. The highest BCUT2D eigenvalue weighted by Crippen LogP contribution is 2.16. The van der Waals surface area contributed by atoms with E-state index < -0.39 is 6.04 Å². The first kappa shape index (κ1) is 16.2. The normalized spacial score (nSPS) is 13.7. The second kappa shape index (κ2) is 6.70.